The van der Waals surface area contributed by atoms with Gasteiger partial charge in [0.1, 0.15) is 29.2 Å². The quantitative estimate of drug-likeness (QED) is 0.529. The van der Waals surface area contributed by atoms with Gasteiger partial charge in [-0.1, -0.05) is 36.4 Å². The summed E-state index contributed by atoms with van der Waals surface area (Å²) in [6.07, 6.45) is 1.19. The summed E-state index contributed by atoms with van der Waals surface area (Å²) in [7, 11) is 0. The summed E-state index contributed by atoms with van der Waals surface area (Å²) in [4.78, 5) is 26.4. The van der Waals surface area contributed by atoms with E-state index in [1.54, 1.807) is 18.2 Å². The first-order chi connectivity index (χ1) is 15.9. The standard InChI is InChI=1S/C25H21F3N2O3/c26-18-6-2-1-5-17(18)21-9-4-14-30(21)24(31)22(15-10-12-16(13-11-15)25(32)33)29-23-19(27)7-3-8-20(23)28/h1-3,5-8,10-13,21-22,29H,4,9,14H2,(H,32,33)/t21-,22?/m0/s1. The zero-order chi connectivity index (χ0) is 23.5. The summed E-state index contributed by atoms with van der Waals surface area (Å²) >= 11 is 0. The van der Waals surface area contributed by atoms with Gasteiger partial charge in [0.15, 0.2) is 0 Å². The van der Waals surface area contributed by atoms with E-state index in [0.29, 0.717) is 30.5 Å². The van der Waals surface area contributed by atoms with Crippen LogP contribution in [0.2, 0.25) is 0 Å². The summed E-state index contributed by atoms with van der Waals surface area (Å²) in [5, 5.41) is 11.8. The van der Waals surface area contributed by atoms with Crippen LogP contribution in [0.4, 0.5) is 18.9 Å². The second-order valence-electron chi connectivity index (χ2n) is 7.81. The van der Waals surface area contributed by atoms with Crippen LogP contribution < -0.4 is 5.32 Å². The van der Waals surface area contributed by atoms with Gasteiger partial charge in [-0.15, -0.1) is 0 Å². The monoisotopic (exact) mass is 454 g/mol. The Morgan fingerprint density at radius 1 is 0.909 bits per heavy atom. The smallest absolute Gasteiger partial charge is 0.335 e. The molecule has 170 valence electrons. The van der Waals surface area contributed by atoms with Crippen molar-refractivity contribution in [3.8, 4) is 0 Å². The molecule has 8 heteroatoms. The minimum atomic E-state index is -1.22. The molecule has 4 rings (SSSR count). The molecular weight excluding hydrogens is 433 g/mol. The molecular formula is C25H21F3N2O3. The van der Waals surface area contributed by atoms with Crippen molar-refractivity contribution in [1.82, 2.24) is 4.90 Å². The maximum Gasteiger partial charge on any atom is 0.335 e. The highest BCUT2D eigenvalue weighted by Gasteiger charge is 2.36. The lowest BCUT2D eigenvalue weighted by Crippen LogP contribution is -2.38. The maximum atomic E-state index is 14.5. The van der Waals surface area contributed by atoms with Gasteiger partial charge in [-0.2, -0.15) is 0 Å². The van der Waals surface area contributed by atoms with Crippen LogP contribution in [0.25, 0.3) is 0 Å². The van der Waals surface area contributed by atoms with Crippen LogP contribution in [0.1, 0.15) is 46.4 Å². The normalized spacial score (nSPS) is 16.5. The lowest BCUT2D eigenvalue weighted by atomic mass is 10.00. The van der Waals surface area contributed by atoms with E-state index in [2.05, 4.69) is 5.32 Å². The lowest BCUT2D eigenvalue weighted by molar-refractivity contribution is -0.133. The van der Waals surface area contributed by atoms with Gasteiger partial charge in [0.25, 0.3) is 0 Å². The Hall–Kier alpha value is -3.81. The molecule has 5 nitrogen and oxygen atoms in total. The predicted molar refractivity (Wildman–Crippen MR) is 116 cm³/mol. The molecule has 1 amide bonds. The van der Waals surface area contributed by atoms with Crippen molar-refractivity contribution in [2.24, 2.45) is 0 Å². The van der Waals surface area contributed by atoms with Crippen LogP contribution in [-0.4, -0.2) is 28.4 Å². The van der Waals surface area contributed by atoms with E-state index in [1.165, 1.54) is 41.3 Å². The second kappa shape index (κ2) is 9.36. The molecule has 1 fully saturated rings. The first-order valence-electron chi connectivity index (χ1n) is 10.5. The van der Waals surface area contributed by atoms with Gasteiger partial charge in [-0.05, 0) is 48.7 Å². The number of hydrogen-bond acceptors (Lipinski definition) is 3. The molecule has 0 bridgehead atoms. The van der Waals surface area contributed by atoms with Gasteiger partial charge >= 0.3 is 5.97 Å². The average molecular weight is 454 g/mol. The molecule has 1 heterocycles. The van der Waals surface area contributed by atoms with Gasteiger partial charge in [0, 0.05) is 12.1 Å². The number of likely N-dealkylation sites (tertiary alicyclic amines) is 1. The highest BCUT2D eigenvalue weighted by molar-refractivity contribution is 5.89. The lowest BCUT2D eigenvalue weighted by Gasteiger charge is -2.30. The average Bonchev–Trinajstić information content (AvgIpc) is 3.29. The molecule has 3 aromatic carbocycles. The molecule has 0 spiro atoms. The summed E-state index contributed by atoms with van der Waals surface area (Å²) < 4.78 is 43.2. The molecule has 1 saturated heterocycles. The fraction of sp³-hybridized carbons (Fsp3) is 0.200. The number of amides is 1. The number of rotatable bonds is 6. The Bertz CT molecular complexity index is 1160. The Labute approximate surface area is 188 Å². The fourth-order valence-electron chi connectivity index (χ4n) is 4.15. The number of anilines is 1. The van der Waals surface area contributed by atoms with E-state index in [1.807, 2.05) is 0 Å². The van der Waals surface area contributed by atoms with E-state index in [-0.39, 0.29) is 5.56 Å². The fourth-order valence-corrected chi connectivity index (χ4v) is 4.15. The number of carboxylic acids is 1. The molecule has 1 unspecified atom stereocenters. The highest BCUT2D eigenvalue weighted by Crippen LogP contribution is 2.36. The highest BCUT2D eigenvalue weighted by atomic mass is 19.1. The maximum absolute atomic E-state index is 14.5. The van der Waals surface area contributed by atoms with Crippen molar-refractivity contribution in [2.45, 2.75) is 24.9 Å². The first-order valence-corrected chi connectivity index (χ1v) is 10.5. The number of nitrogens with one attached hydrogen (secondary N) is 1. The first kappa shape index (κ1) is 22.4. The number of para-hydroxylation sites is 1. The van der Waals surface area contributed by atoms with E-state index in [9.17, 15) is 22.8 Å². The van der Waals surface area contributed by atoms with Gasteiger partial charge in [-0.25, -0.2) is 18.0 Å². The Morgan fingerprint density at radius 3 is 2.18 bits per heavy atom. The molecule has 2 atom stereocenters. The van der Waals surface area contributed by atoms with Crippen molar-refractivity contribution in [3.05, 3.63) is 101 Å². The zero-order valence-electron chi connectivity index (χ0n) is 17.5. The van der Waals surface area contributed by atoms with E-state index in [4.69, 9.17) is 5.11 Å². The van der Waals surface area contributed by atoms with Crippen molar-refractivity contribution in [2.75, 3.05) is 11.9 Å². The van der Waals surface area contributed by atoms with E-state index < -0.39 is 47.1 Å². The second-order valence-corrected chi connectivity index (χ2v) is 7.81. The third-order valence-electron chi connectivity index (χ3n) is 5.79. The Morgan fingerprint density at radius 2 is 1.55 bits per heavy atom. The minimum absolute atomic E-state index is 0.00688. The molecule has 0 radical (unpaired) electrons. The predicted octanol–water partition coefficient (Wildman–Crippen LogP) is 5.32. The van der Waals surface area contributed by atoms with Crippen LogP contribution in [0.3, 0.4) is 0 Å². The van der Waals surface area contributed by atoms with Crippen molar-refractivity contribution >= 4 is 17.6 Å². The summed E-state index contributed by atoms with van der Waals surface area (Å²) in [6.45, 7) is 0.350. The van der Waals surface area contributed by atoms with Gasteiger partial charge in [-0.3, -0.25) is 4.79 Å². The number of carbonyl (C=O) groups excluding carboxylic acids is 1. The van der Waals surface area contributed by atoms with Crippen LogP contribution in [0, 0.1) is 17.5 Å². The van der Waals surface area contributed by atoms with Crippen LogP contribution >= 0.6 is 0 Å². The third kappa shape index (κ3) is 4.55. The number of aromatic carboxylic acids is 1. The largest absolute Gasteiger partial charge is 0.478 e. The van der Waals surface area contributed by atoms with Crippen molar-refractivity contribution in [1.29, 1.82) is 0 Å². The molecule has 0 aromatic heterocycles. The number of hydrogen-bond donors (Lipinski definition) is 2. The summed E-state index contributed by atoms with van der Waals surface area (Å²) in [5.41, 5.74) is 0.236. The molecule has 3 aromatic rings. The third-order valence-corrected chi connectivity index (χ3v) is 5.79. The molecule has 2 N–H and O–H groups in total. The topological polar surface area (TPSA) is 69.6 Å². The van der Waals surface area contributed by atoms with Gasteiger partial charge < -0.3 is 15.3 Å². The summed E-state index contributed by atoms with van der Waals surface area (Å²) in [6, 6.07) is 13.3. The van der Waals surface area contributed by atoms with Crippen LogP contribution in [0.15, 0.2) is 66.7 Å². The van der Waals surface area contributed by atoms with Crippen molar-refractivity contribution < 1.29 is 27.9 Å². The summed E-state index contributed by atoms with van der Waals surface area (Å²) in [5.74, 6) is -3.81. The van der Waals surface area contributed by atoms with Crippen molar-refractivity contribution in [3.63, 3.8) is 0 Å². The number of carboxylic acid groups (broad SMARTS) is 1. The Kier molecular flexibility index (Phi) is 6.35. The number of carbonyl (C=O) groups is 2. The molecule has 0 saturated carbocycles. The Balaban J connectivity index is 1.72. The molecule has 33 heavy (non-hydrogen) atoms. The molecule has 0 aliphatic carbocycles. The van der Waals surface area contributed by atoms with Crippen LogP contribution in [0.5, 0.6) is 0 Å². The number of halogens is 3. The minimum Gasteiger partial charge on any atom is -0.478 e. The van der Waals surface area contributed by atoms with E-state index >= 15 is 0 Å². The van der Waals surface area contributed by atoms with Gasteiger partial charge in [0.05, 0.1) is 11.6 Å². The molecule has 1 aliphatic heterocycles. The van der Waals surface area contributed by atoms with E-state index in [0.717, 1.165) is 12.1 Å². The zero-order valence-corrected chi connectivity index (χ0v) is 17.5. The number of nitrogens with zero attached hydrogens (tertiary/aromatic N) is 1. The SMILES string of the molecule is O=C(O)c1ccc(C(Nc2c(F)cccc2F)C(=O)N2CCC[C@H]2c2ccccc2F)cc1. The van der Waals surface area contributed by atoms with Gasteiger partial charge in [0.2, 0.25) is 5.91 Å². The molecule has 1 aliphatic rings. The number of benzene rings is 3. The van der Waals surface area contributed by atoms with Crippen LogP contribution in [-0.2, 0) is 4.79 Å².